The molecule has 1 aromatic heterocycles. The van der Waals surface area contributed by atoms with E-state index < -0.39 is 17.9 Å². The second kappa shape index (κ2) is 8.66. The van der Waals surface area contributed by atoms with Crippen LogP contribution >= 0.6 is 0 Å². The number of nitrogens with two attached hydrogens (primary N) is 1. The highest BCUT2D eigenvalue weighted by molar-refractivity contribution is 6.34. The molecule has 1 atom stereocenters. The van der Waals surface area contributed by atoms with Crippen molar-refractivity contribution >= 4 is 23.5 Å². The number of primary amides is 1. The summed E-state index contributed by atoms with van der Waals surface area (Å²) in [5.74, 6) is -1.35. The summed E-state index contributed by atoms with van der Waals surface area (Å²) in [6, 6.07) is 10.9. The summed E-state index contributed by atoms with van der Waals surface area (Å²) < 4.78 is 7.10. The second-order valence-electron chi connectivity index (χ2n) is 6.56. The molecule has 2 heterocycles. The summed E-state index contributed by atoms with van der Waals surface area (Å²) in [4.78, 5) is 36.9. The highest BCUT2D eigenvalue weighted by Gasteiger charge is 2.28. The molecule has 0 saturated carbocycles. The number of amides is 3. The van der Waals surface area contributed by atoms with Crippen molar-refractivity contribution in [2.24, 2.45) is 5.73 Å². The third-order valence-corrected chi connectivity index (χ3v) is 4.81. The molecule has 9 heteroatoms. The number of carbonyl (C=O) groups is 3. The number of nitrogens with zero attached hydrogens (tertiary/aromatic N) is 3. The Morgan fingerprint density at radius 2 is 1.86 bits per heavy atom. The number of piperidine rings is 1. The zero-order valence-electron chi connectivity index (χ0n) is 15.6. The number of nitrogens with one attached hydrogen (secondary N) is 1. The molecule has 3 N–H and O–H groups in total. The van der Waals surface area contributed by atoms with E-state index in [1.165, 1.54) is 12.0 Å². The smallest absolute Gasteiger partial charge is 0.311 e. The van der Waals surface area contributed by atoms with E-state index in [-0.39, 0.29) is 11.9 Å². The first kappa shape index (κ1) is 19.6. The fourth-order valence-corrected chi connectivity index (χ4v) is 3.39. The van der Waals surface area contributed by atoms with Crippen LogP contribution in [0.25, 0.3) is 0 Å². The molecule has 1 saturated heterocycles. The first-order valence-electron chi connectivity index (χ1n) is 9.02. The van der Waals surface area contributed by atoms with Crippen LogP contribution in [0.1, 0.15) is 30.6 Å². The van der Waals surface area contributed by atoms with Crippen LogP contribution in [-0.4, -0.2) is 52.6 Å². The molecule has 1 aliphatic rings. The van der Waals surface area contributed by atoms with Crippen molar-refractivity contribution in [1.82, 2.24) is 14.7 Å². The van der Waals surface area contributed by atoms with Crippen LogP contribution in [0.4, 0.5) is 5.82 Å². The highest BCUT2D eigenvalue weighted by Crippen LogP contribution is 2.26. The summed E-state index contributed by atoms with van der Waals surface area (Å²) >= 11 is 0. The van der Waals surface area contributed by atoms with Gasteiger partial charge in [-0.15, -0.1) is 0 Å². The molecular formula is C19H23N5O4. The van der Waals surface area contributed by atoms with Gasteiger partial charge in [-0.25, -0.2) is 4.68 Å². The lowest BCUT2D eigenvalue weighted by Gasteiger charge is -2.32. The minimum absolute atomic E-state index is 0.0000493. The molecule has 1 aromatic carbocycles. The number of rotatable bonds is 5. The Labute approximate surface area is 162 Å². The Balaban J connectivity index is 1.67. The third-order valence-electron chi connectivity index (χ3n) is 4.81. The predicted molar refractivity (Wildman–Crippen MR) is 101 cm³/mol. The van der Waals surface area contributed by atoms with Crippen molar-refractivity contribution in [1.29, 1.82) is 0 Å². The number of hydrogen-bond acceptors (Lipinski definition) is 5. The van der Waals surface area contributed by atoms with Crippen LogP contribution < -0.4 is 11.1 Å². The van der Waals surface area contributed by atoms with Gasteiger partial charge in [-0.05, 0) is 18.4 Å². The maximum Gasteiger partial charge on any atom is 0.311 e. The molecule has 3 rings (SSSR count). The van der Waals surface area contributed by atoms with Crippen molar-refractivity contribution in [2.75, 3.05) is 25.5 Å². The molecule has 1 unspecified atom stereocenters. The summed E-state index contributed by atoms with van der Waals surface area (Å²) in [6.45, 7) is 0.814. The zero-order chi connectivity index (χ0) is 20.1. The number of carbonyl (C=O) groups excluding carboxylic acids is 3. The number of anilines is 1. The maximum absolute atomic E-state index is 12.7. The SMILES string of the molecule is COC(C(=O)Nc1ccnn1C1CCN(C(=O)C(N)=O)CC1)c1ccccc1. The van der Waals surface area contributed by atoms with E-state index in [0.717, 1.165) is 5.56 Å². The Morgan fingerprint density at radius 3 is 2.46 bits per heavy atom. The molecule has 148 valence electrons. The van der Waals surface area contributed by atoms with Crippen molar-refractivity contribution in [3.8, 4) is 0 Å². The lowest BCUT2D eigenvalue weighted by molar-refractivity contribution is -0.145. The average Bonchev–Trinajstić information content (AvgIpc) is 3.17. The topological polar surface area (TPSA) is 120 Å². The zero-order valence-corrected chi connectivity index (χ0v) is 15.6. The van der Waals surface area contributed by atoms with Crippen LogP contribution in [0.15, 0.2) is 42.6 Å². The van der Waals surface area contributed by atoms with E-state index in [2.05, 4.69) is 10.4 Å². The van der Waals surface area contributed by atoms with Crippen LogP contribution in [0.5, 0.6) is 0 Å². The van der Waals surface area contributed by atoms with Gasteiger partial charge in [-0.2, -0.15) is 5.10 Å². The molecule has 3 amide bonds. The molecule has 9 nitrogen and oxygen atoms in total. The highest BCUT2D eigenvalue weighted by atomic mass is 16.5. The molecule has 0 spiro atoms. The molecular weight excluding hydrogens is 362 g/mol. The van der Waals surface area contributed by atoms with Gasteiger partial charge in [0.15, 0.2) is 6.10 Å². The average molecular weight is 385 g/mol. The number of hydrogen-bond donors (Lipinski definition) is 2. The fourth-order valence-electron chi connectivity index (χ4n) is 3.39. The summed E-state index contributed by atoms with van der Waals surface area (Å²) in [7, 11) is 1.49. The first-order valence-corrected chi connectivity index (χ1v) is 9.02. The van der Waals surface area contributed by atoms with Gasteiger partial charge in [-0.3, -0.25) is 14.4 Å². The van der Waals surface area contributed by atoms with E-state index in [0.29, 0.717) is 31.7 Å². The number of benzene rings is 1. The minimum Gasteiger partial charge on any atom is -0.367 e. The van der Waals surface area contributed by atoms with Gasteiger partial charge in [-0.1, -0.05) is 30.3 Å². The predicted octanol–water partition coefficient (Wildman–Crippen LogP) is 0.858. The van der Waals surface area contributed by atoms with E-state index in [1.54, 1.807) is 16.9 Å². The maximum atomic E-state index is 12.7. The lowest BCUT2D eigenvalue weighted by atomic mass is 10.1. The Bertz CT molecular complexity index is 843. The van der Waals surface area contributed by atoms with Gasteiger partial charge in [0, 0.05) is 26.3 Å². The van der Waals surface area contributed by atoms with Gasteiger partial charge in [0.05, 0.1) is 12.2 Å². The molecule has 0 radical (unpaired) electrons. The molecule has 28 heavy (non-hydrogen) atoms. The monoisotopic (exact) mass is 385 g/mol. The Morgan fingerprint density at radius 1 is 1.18 bits per heavy atom. The van der Waals surface area contributed by atoms with Crippen molar-refractivity contribution < 1.29 is 19.1 Å². The van der Waals surface area contributed by atoms with Gasteiger partial charge in [0.1, 0.15) is 5.82 Å². The Hall–Kier alpha value is -3.20. The van der Waals surface area contributed by atoms with Gasteiger partial charge < -0.3 is 20.7 Å². The molecule has 0 aliphatic carbocycles. The Kier molecular flexibility index (Phi) is 6.05. The minimum atomic E-state index is -0.947. The van der Waals surface area contributed by atoms with Crippen LogP contribution in [0, 0.1) is 0 Å². The molecule has 0 bridgehead atoms. The molecule has 2 aromatic rings. The quantitative estimate of drug-likeness (QED) is 0.740. The standard InChI is InChI=1S/C19H23N5O4/c1-28-16(13-5-3-2-4-6-13)18(26)22-15-7-10-21-24(15)14-8-11-23(12-9-14)19(27)17(20)25/h2-7,10,14,16H,8-9,11-12H2,1H3,(H2,20,25)(H,22,26). The van der Waals surface area contributed by atoms with Gasteiger partial charge in [0.25, 0.3) is 5.91 Å². The summed E-state index contributed by atoms with van der Waals surface area (Å²) in [6.07, 6.45) is 2.09. The van der Waals surface area contributed by atoms with Crippen LogP contribution in [-0.2, 0) is 19.1 Å². The largest absolute Gasteiger partial charge is 0.367 e. The lowest BCUT2D eigenvalue weighted by Crippen LogP contribution is -2.45. The van der Waals surface area contributed by atoms with Crippen LogP contribution in [0.2, 0.25) is 0 Å². The van der Waals surface area contributed by atoms with E-state index >= 15 is 0 Å². The van der Waals surface area contributed by atoms with Crippen LogP contribution in [0.3, 0.4) is 0 Å². The van der Waals surface area contributed by atoms with Crippen molar-refractivity contribution in [3.05, 3.63) is 48.2 Å². The van der Waals surface area contributed by atoms with Gasteiger partial charge >= 0.3 is 11.8 Å². The number of ether oxygens (including phenoxy) is 1. The van der Waals surface area contributed by atoms with E-state index in [9.17, 15) is 14.4 Å². The van der Waals surface area contributed by atoms with Crippen molar-refractivity contribution in [2.45, 2.75) is 25.0 Å². The second-order valence-corrected chi connectivity index (χ2v) is 6.56. The number of likely N-dealkylation sites (tertiary alicyclic amines) is 1. The molecule has 1 fully saturated rings. The number of methoxy groups -OCH3 is 1. The van der Waals surface area contributed by atoms with E-state index in [4.69, 9.17) is 10.5 Å². The fraction of sp³-hybridized carbons (Fsp3) is 0.368. The van der Waals surface area contributed by atoms with Crippen molar-refractivity contribution in [3.63, 3.8) is 0 Å². The summed E-state index contributed by atoms with van der Waals surface area (Å²) in [5, 5.41) is 7.19. The van der Waals surface area contributed by atoms with E-state index in [1.807, 2.05) is 30.3 Å². The third kappa shape index (κ3) is 4.20. The first-order chi connectivity index (χ1) is 13.5. The van der Waals surface area contributed by atoms with Gasteiger partial charge in [0.2, 0.25) is 0 Å². The normalized spacial score (nSPS) is 15.8. The molecule has 1 aliphatic heterocycles. The summed E-state index contributed by atoms with van der Waals surface area (Å²) in [5.41, 5.74) is 5.81. The number of aromatic nitrogens is 2.